The summed E-state index contributed by atoms with van der Waals surface area (Å²) in [5, 5.41) is 20.2. The fourth-order valence-electron chi connectivity index (χ4n) is 1.12. The third kappa shape index (κ3) is 2.70. The van der Waals surface area contributed by atoms with Crippen LogP contribution in [0.3, 0.4) is 0 Å². The van der Waals surface area contributed by atoms with E-state index in [1.165, 1.54) is 12.1 Å². The molecule has 0 saturated heterocycles. The standard InChI is InChI=1S/C11H11FN2O2/c1-7(5-13)6-14-11(16)10-8(12)3-2-4-9(10)15/h2-4,7,15H,6H2,1H3,(H,14,16). The summed E-state index contributed by atoms with van der Waals surface area (Å²) in [5.41, 5.74) is -0.396. The van der Waals surface area contributed by atoms with Crippen molar-refractivity contribution in [2.75, 3.05) is 6.54 Å². The Kier molecular flexibility index (Phi) is 3.84. The number of aromatic hydroxyl groups is 1. The minimum atomic E-state index is -0.790. The van der Waals surface area contributed by atoms with Gasteiger partial charge in [0.15, 0.2) is 0 Å². The Morgan fingerprint density at radius 1 is 1.69 bits per heavy atom. The summed E-state index contributed by atoms with van der Waals surface area (Å²) < 4.78 is 13.2. The lowest BCUT2D eigenvalue weighted by Gasteiger charge is -2.08. The van der Waals surface area contributed by atoms with Crippen molar-refractivity contribution >= 4 is 5.91 Å². The lowest BCUT2D eigenvalue weighted by molar-refractivity contribution is 0.0944. The molecule has 1 aromatic carbocycles. The number of benzene rings is 1. The maximum atomic E-state index is 13.2. The topological polar surface area (TPSA) is 73.1 Å². The van der Waals surface area contributed by atoms with Crippen LogP contribution in [0.15, 0.2) is 18.2 Å². The molecule has 0 heterocycles. The first-order valence-electron chi connectivity index (χ1n) is 4.71. The van der Waals surface area contributed by atoms with Crippen LogP contribution in [-0.2, 0) is 0 Å². The summed E-state index contributed by atoms with van der Waals surface area (Å²) in [4.78, 5) is 11.5. The van der Waals surface area contributed by atoms with Crippen LogP contribution >= 0.6 is 0 Å². The number of carbonyl (C=O) groups excluding carboxylic acids is 1. The summed E-state index contributed by atoms with van der Waals surface area (Å²) >= 11 is 0. The van der Waals surface area contributed by atoms with Crippen LogP contribution in [0.4, 0.5) is 4.39 Å². The smallest absolute Gasteiger partial charge is 0.258 e. The lowest BCUT2D eigenvalue weighted by atomic mass is 10.1. The number of nitrogens with one attached hydrogen (secondary N) is 1. The molecule has 5 heteroatoms. The Morgan fingerprint density at radius 2 is 2.38 bits per heavy atom. The van der Waals surface area contributed by atoms with Crippen molar-refractivity contribution < 1.29 is 14.3 Å². The molecule has 1 atom stereocenters. The van der Waals surface area contributed by atoms with Crippen LogP contribution in [0, 0.1) is 23.1 Å². The molecule has 0 aliphatic heterocycles. The molecule has 2 N–H and O–H groups in total. The van der Waals surface area contributed by atoms with Crippen molar-refractivity contribution in [2.24, 2.45) is 5.92 Å². The van der Waals surface area contributed by atoms with Crippen molar-refractivity contribution in [3.63, 3.8) is 0 Å². The minimum Gasteiger partial charge on any atom is -0.507 e. The van der Waals surface area contributed by atoms with Gasteiger partial charge in [-0.15, -0.1) is 0 Å². The molecule has 0 bridgehead atoms. The maximum absolute atomic E-state index is 13.2. The highest BCUT2D eigenvalue weighted by Gasteiger charge is 2.16. The Labute approximate surface area is 92.3 Å². The van der Waals surface area contributed by atoms with Gasteiger partial charge in [-0.2, -0.15) is 5.26 Å². The van der Waals surface area contributed by atoms with Crippen molar-refractivity contribution in [3.8, 4) is 11.8 Å². The molecule has 84 valence electrons. The predicted molar refractivity (Wildman–Crippen MR) is 55.2 cm³/mol. The fraction of sp³-hybridized carbons (Fsp3) is 0.273. The molecule has 16 heavy (non-hydrogen) atoms. The predicted octanol–water partition coefficient (Wildman–Crippen LogP) is 1.42. The van der Waals surface area contributed by atoms with E-state index in [1.807, 2.05) is 6.07 Å². The van der Waals surface area contributed by atoms with Crippen molar-refractivity contribution in [2.45, 2.75) is 6.92 Å². The Morgan fingerprint density at radius 3 is 2.94 bits per heavy atom. The number of halogens is 1. The average molecular weight is 222 g/mol. The highest BCUT2D eigenvalue weighted by molar-refractivity contribution is 5.97. The van der Waals surface area contributed by atoms with E-state index in [0.29, 0.717) is 0 Å². The van der Waals surface area contributed by atoms with E-state index in [0.717, 1.165) is 6.07 Å². The zero-order chi connectivity index (χ0) is 12.1. The van der Waals surface area contributed by atoms with Crippen molar-refractivity contribution in [1.29, 1.82) is 5.26 Å². The first-order chi connectivity index (χ1) is 7.56. The summed E-state index contributed by atoms with van der Waals surface area (Å²) in [7, 11) is 0. The van der Waals surface area contributed by atoms with E-state index in [1.54, 1.807) is 6.92 Å². The molecule has 1 amide bonds. The van der Waals surface area contributed by atoms with Crippen LogP contribution < -0.4 is 5.32 Å². The summed E-state index contributed by atoms with van der Waals surface area (Å²) in [6.07, 6.45) is 0. The number of phenolic OH excluding ortho intramolecular Hbond substituents is 1. The van der Waals surface area contributed by atoms with Gasteiger partial charge < -0.3 is 10.4 Å². The van der Waals surface area contributed by atoms with E-state index in [2.05, 4.69) is 5.32 Å². The highest BCUT2D eigenvalue weighted by atomic mass is 19.1. The van der Waals surface area contributed by atoms with Gasteiger partial charge in [-0.3, -0.25) is 4.79 Å². The van der Waals surface area contributed by atoms with E-state index in [4.69, 9.17) is 5.26 Å². The average Bonchev–Trinajstić information content (AvgIpc) is 2.25. The molecule has 1 aromatic rings. The van der Waals surface area contributed by atoms with Gasteiger partial charge in [-0.25, -0.2) is 4.39 Å². The first-order valence-corrected chi connectivity index (χ1v) is 4.71. The van der Waals surface area contributed by atoms with Gasteiger partial charge in [0.1, 0.15) is 17.1 Å². The molecule has 1 unspecified atom stereocenters. The van der Waals surface area contributed by atoms with Gasteiger partial charge in [0.2, 0.25) is 0 Å². The van der Waals surface area contributed by atoms with Crippen LogP contribution in [0.2, 0.25) is 0 Å². The van der Waals surface area contributed by atoms with Crippen LogP contribution in [0.1, 0.15) is 17.3 Å². The van der Waals surface area contributed by atoms with E-state index < -0.39 is 23.0 Å². The van der Waals surface area contributed by atoms with Crippen LogP contribution in [-0.4, -0.2) is 17.6 Å². The normalized spacial score (nSPS) is 11.6. The SMILES string of the molecule is CC(C#N)CNC(=O)c1c(O)cccc1F. The van der Waals surface area contributed by atoms with E-state index >= 15 is 0 Å². The Balaban J connectivity index is 2.78. The number of hydrogen-bond donors (Lipinski definition) is 2. The maximum Gasteiger partial charge on any atom is 0.258 e. The molecule has 4 nitrogen and oxygen atoms in total. The number of carbonyl (C=O) groups is 1. The molecule has 0 fully saturated rings. The second-order valence-electron chi connectivity index (χ2n) is 3.37. The second kappa shape index (κ2) is 5.12. The number of nitrogens with zero attached hydrogens (tertiary/aromatic N) is 1. The molecule has 0 aliphatic carbocycles. The largest absolute Gasteiger partial charge is 0.507 e. The lowest BCUT2D eigenvalue weighted by Crippen LogP contribution is -2.28. The number of rotatable bonds is 3. The van der Waals surface area contributed by atoms with Crippen LogP contribution in [0.25, 0.3) is 0 Å². The molecular formula is C11H11FN2O2. The molecule has 0 aliphatic rings. The van der Waals surface area contributed by atoms with Gasteiger partial charge >= 0.3 is 0 Å². The summed E-state index contributed by atoms with van der Waals surface area (Å²) in [6, 6.07) is 5.55. The number of nitriles is 1. The van der Waals surface area contributed by atoms with Gasteiger partial charge in [0.25, 0.3) is 5.91 Å². The number of amides is 1. The molecule has 0 spiro atoms. The monoisotopic (exact) mass is 222 g/mol. The van der Waals surface area contributed by atoms with Crippen molar-refractivity contribution in [3.05, 3.63) is 29.6 Å². The zero-order valence-electron chi connectivity index (χ0n) is 8.70. The van der Waals surface area contributed by atoms with E-state index in [-0.39, 0.29) is 12.5 Å². The molecular weight excluding hydrogens is 211 g/mol. The molecule has 0 saturated carbocycles. The molecule has 1 rings (SSSR count). The van der Waals surface area contributed by atoms with E-state index in [9.17, 15) is 14.3 Å². The highest BCUT2D eigenvalue weighted by Crippen LogP contribution is 2.19. The Bertz CT molecular complexity index is 420. The number of hydrogen-bond acceptors (Lipinski definition) is 3. The second-order valence-corrected chi connectivity index (χ2v) is 3.37. The third-order valence-electron chi connectivity index (χ3n) is 2.01. The van der Waals surface area contributed by atoms with Gasteiger partial charge in [0.05, 0.1) is 12.0 Å². The Hall–Kier alpha value is -2.09. The van der Waals surface area contributed by atoms with Crippen molar-refractivity contribution in [1.82, 2.24) is 5.32 Å². The zero-order valence-corrected chi connectivity index (χ0v) is 8.70. The number of phenols is 1. The summed E-state index contributed by atoms with van der Waals surface area (Å²) in [6.45, 7) is 1.74. The van der Waals surface area contributed by atoms with Gasteiger partial charge in [-0.1, -0.05) is 6.07 Å². The minimum absolute atomic E-state index is 0.114. The molecule has 0 radical (unpaired) electrons. The fourth-order valence-corrected chi connectivity index (χ4v) is 1.12. The van der Waals surface area contributed by atoms with Gasteiger partial charge in [-0.05, 0) is 19.1 Å². The first kappa shape index (κ1) is 12.0. The molecule has 0 aromatic heterocycles. The summed E-state index contributed by atoms with van der Waals surface area (Å²) in [5.74, 6) is -2.29. The third-order valence-corrected chi connectivity index (χ3v) is 2.01. The van der Waals surface area contributed by atoms with Crippen LogP contribution in [0.5, 0.6) is 5.75 Å². The quantitative estimate of drug-likeness (QED) is 0.812. The van der Waals surface area contributed by atoms with Gasteiger partial charge in [0, 0.05) is 6.54 Å².